The van der Waals surface area contributed by atoms with Crippen molar-refractivity contribution in [1.29, 1.82) is 0 Å². The molecule has 0 saturated heterocycles. The molecule has 2 aromatic carbocycles. The van der Waals surface area contributed by atoms with E-state index in [1.165, 1.54) is 6.07 Å². The molecule has 0 bridgehead atoms. The monoisotopic (exact) mass is 285 g/mol. The number of nitrogens with two attached hydrogens (primary N) is 1. The summed E-state index contributed by atoms with van der Waals surface area (Å²) in [4.78, 5) is 4.39. The highest BCUT2D eigenvalue weighted by Gasteiger charge is 2.14. The van der Waals surface area contributed by atoms with E-state index in [1.54, 1.807) is 18.2 Å². The highest BCUT2D eigenvalue weighted by Crippen LogP contribution is 2.28. The molecular weight excluding hydrogens is 269 g/mol. The van der Waals surface area contributed by atoms with Crippen LogP contribution < -0.4 is 5.73 Å². The fraction of sp³-hybridized carbons (Fsp3) is 0.250. The molecule has 1 heterocycles. The maximum atomic E-state index is 13.8. The van der Waals surface area contributed by atoms with Gasteiger partial charge in [-0.05, 0) is 30.0 Å². The maximum Gasteiger partial charge on any atom is 0.227 e. The number of rotatable bonds is 4. The van der Waals surface area contributed by atoms with E-state index in [-0.39, 0.29) is 11.7 Å². The fourth-order valence-corrected chi connectivity index (χ4v) is 2.29. The average molecular weight is 285 g/mol. The maximum absolute atomic E-state index is 13.8. The van der Waals surface area contributed by atoms with Crippen LogP contribution in [-0.2, 0) is 6.42 Å². The van der Waals surface area contributed by atoms with Crippen LogP contribution in [-0.4, -0.2) is 16.7 Å². The summed E-state index contributed by atoms with van der Waals surface area (Å²) in [6, 6.07) is 10.4. The molecule has 1 atom stereocenters. The lowest BCUT2D eigenvalue weighted by Crippen LogP contribution is -2.13. The zero-order valence-electron chi connectivity index (χ0n) is 11.7. The number of fused-ring (bicyclic) bond motifs is 1. The number of hydrogen-bond donors (Lipinski definition) is 1. The first-order valence-corrected chi connectivity index (χ1v) is 6.89. The van der Waals surface area contributed by atoms with Gasteiger partial charge < -0.3 is 10.3 Å². The largest absolute Gasteiger partial charge is 0.339 e. The van der Waals surface area contributed by atoms with Crippen molar-refractivity contribution in [3.8, 4) is 11.4 Å². The molecule has 0 aliphatic heterocycles. The molecule has 0 radical (unpaired) electrons. The molecule has 108 valence electrons. The zero-order valence-corrected chi connectivity index (χ0v) is 11.7. The lowest BCUT2D eigenvalue weighted by atomic mass is 10.0. The number of aromatic nitrogens is 2. The molecule has 0 saturated carbocycles. The van der Waals surface area contributed by atoms with Crippen molar-refractivity contribution in [1.82, 2.24) is 10.1 Å². The van der Waals surface area contributed by atoms with Gasteiger partial charge in [0.1, 0.15) is 5.82 Å². The summed E-state index contributed by atoms with van der Waals surface area (Å²) in [6.07, 6.45) is 0.641. The third-order valence-electron chi connectivity index (χ3n) is 3.51. The van der Waals surface area contributed by atoms with Crippen LogP contribution in [0.3, 0.4) is 0 Å². The molecule has 5 heteroatoms. The summed E-state index contributed by atoms with van der Waals surface area (Å²) in [5.41, 5.74) is 6.36. The van der Waals surface area contributed by atoms with Crippen LogP contribution in [0.15, 0.2) is 40.9 Å². The molecule has 3 rings (SSSR count). The first kappa shape index (κ1) is 13.7. The third kappa shape index (κ3) is 2.64. The van der Waals surface area contributed by atoms with Gasteiger partial charge >= 0.3 is 0 Å². The van der Waals surface area contributed by atoms with E-state index in [1.807, 2.05) is 19.1 Å². The molecule has 4 nitrogen and oxygen atoms in total. The Labute approximate surface area is 121 Å². The zero-order chi connectivity index (χ0) is 14.8. The summed E-state index contributed by atoms with van der Waals surface area (Å²) in [5, 5.41) is 5.33. The van der Waals surface area contributed by atoms with Gasteiger partial charge in [-0.15, -0.1) is 0 Å². The molecule has 0 amide bonds. The van der Waals surface area contributed by atoms with Gasteiger partial charge in [0.05, 0.1) is 0 Å². The summed E-state index contributed by atoms with van der Waals surface area (Å²) in [7, 11) is 0. The first-order valence-electron chi connectivity index (χ1n) is 6.89. The average Bonchev–Trinajstić information content (AvgIpc) is 2.96. The molecule has 0 fully saturated rings. The first-order chi connectivity index (χ1) is 10.2. The molecule has 0 aliphatic carbocycles. The lowest BCUT2D eigenvalue weighted by Gasteiger charge is -2.04. The minimum atomic E-state index is -0.255. The van der Waals surface area contributed by atoms with E-state index in [2.05, 4.69) is 10.1 Å². The van der Waals surface area contributed by atoms with Crippen LogP contribution in [0.1, 0.15) is 12.8 Å². The Hall–Kier alpha value is -2.27. The van der Waals surface area contributed by atoms with Gasteiger partial charge in [-0.2, -0.15) is 4.98 Å². The van der Waals surface area contributed by atoms with Crippen molar-refractivity contribution >= 4 is 10.8 Å². The second-order valence-corrected chi connectivity index (χ2v) is 5.20. The van der Waals surface area contributed by atoms with E-state index in [0.29, 0.717) is 30.1 Å². The highest BCUT2D eigenvalue weighted by molar-refractivity contribution is 5.95. The number of nitrogens with zero attached hydrogens (tertiary/aromatic N) is 2. The van der Waals surface area contributed by atoms with Crippen LogP contribution >= 0.6 is 0 Å². The van der Waals surface area contributed by atoms with Crippen molar-refractivity contribution in [2.24, 2.45) is 11.7 Å². The standard InChI is InChI=1S/C16H16FN3O/c1-10(9-18)8-15-19-16(20-21-15)13-6-7-14(17)12-5-3-2-4-11(12)13/h2-7,10H,8-9,18H2,1H3. The second kappa shape index (κ2) is 5.61. The summed E-state index contributed by atoms with van der Waals surface area (Å²) >= 11 is 0. The van der Waals surface area contributed by atoms with Crippen molar-refractivity contribution in [2.45, 2.75) is 13.3 Å². The normalized spacial score (nSPS) is 12.7. The van der Waals surface area contributed by atoms with Gasteiger partial charge in [-0.3, -0.25) is 0 Å². The molecular formula is C16H16FN3O. The van der Waals surface area contributed by atoms with Gasteiger partial charge in [0.15, 0.2) is 0 Å². The van der Waals surface area contributed by atoms with Gasteiger partial charge in [0.2, 0.25) is 11.7 Å². The quantitative estimate of drug-likeness (QED) is 0.799. The van der Waals surface area contributed by atoms with Crippen LogP contribution in [0.2, 0.25) is 0 Å². The van der Waals surface area contributed by atoms with E-state index in [0.717, 1.165) is 10.9 Å². The SMILES string of the molecule is CC(CN)Cc1nc(-c2ccc(F)c3ccccc23)no1. The Morgan fingerprint density at radius 1 is 1.19 bits per heavy atom. The molecule has 2 N–H and O–H groups in total. The highest BCUT2D eigenvalue weighted by atomic mass is 19.1. The lowest BCUT2D eigenvalue weighted by molar-refractivity contribution is 0.360. The van der Waals surface area contributed by atoms with Gasteiger partial charge in [0.25, 0.3) is 0 Å². The fourth-order valence-electron chi connectivity index (χ4n) is 2.29. The molecule has 0 spiro atoms. The summed E-state index contributed by atoms with van der Waals surface area (Å²) in [5.74, 6) is 1.06. The minimum absolute atomic E-state index is 0.255. The van der Waals surface area contributed by atoms with Crippen LogP contribution in [0, 0.1) is 11.7 Å². The molecule has 0 aliphatic rings. The van der Waals surface area contributed by atoms with Crippen molar-refractivity contribution < 1.29 is 8.91 Å². The van der Waals surface area contributed by atoms with Crippen molar-refractivity contribution in [2.75, 3.05) is 6.54 Å². The van der Waals surface area contributed by atoms with Crippen LogP contribution in [0.5, 0.6) is 0 Å². The predicted molar refractivity (Wildman–Crippen MR) is 79.1 cm³/mol. The van der Waals surface area contributed by atoms with Crippen molar-refractivity contribution in [3.05, 3.63) is 48.1 Å². The second-order valence-electron chi connectivity index (χ2n) is 5.20. The van der Waals surface area contributed by atoms with E-state index in [9.17, 15) is 4.39 Å². The third-order valence-corrected chi connectivity index (χ3v) is 3.51. The topological polar surface area (TPSA) is 64.9 Å². The Bertz CT molecular complexity index is 769. The molecule has 21 heavy (non-hydrogen) atoms. The smallest absolute Gasteiger partial charge is 0.227 e. The summed E-state index contributed by atoms with van der Waals surface area (Å²) in [6.45, 7) is 2.59. The van der Waals surface area contributed by atoms with Crippen LogP contribution in [0.25, 0.3) is 22.2 Å². The van der Waals surface area contributed by atoms with Crippen LogP contribution in [0.4, 0.5) is 4.39 Å². The van der Waals surface area contributed by atoms with E-state index >= 15 is 0 Å². The van der Waals surface area contributed by atoms with Gasteiger partial charge in [0, 0.05) is 17.4 Å². The number of benzene rings is 2. The van der Waals surface area contributed by atoms with Gasteiger partial charge in [-0.25, -0.2) is 4.39 Å². The molecule has 3 aromatic rings. The summed E-state index contributed by atoms with van der Waals surface area (Å²) < 4.78 is 19.1. The molecule has 1 aromatic heterocycles. The number of hydrogen-bond acceptors (Lipinski definition) is 4. The van der Waals surface area contributed by atoms with E-state index in [4.69, 9.17) is 10.3 Å². The predicted octanol–water partition coefficient (Wildman–Crippen LogP) is 3.17. The Morgan fingerprint density at radius 3 is 2.71 bits per heavy atom. The number of halogens is 1. The Balaban J connectivity index is 2.03. The molecule has 1 unspecified atom stereocenters. The van der Waals surface area contributed by atoms with Gasteiger partial charge in [-0.1, -0.05) is 36.3 Å². The van der Waals surface area contributed by atoms with E-state index < -0.39 is 0 Å². The Kier molecular flexibility index (Phi) is 3.66. The Morgan fingerprint density at radius 2 is 1.95 bits per heavy atom. The van der Waals surface area contributed by atoms with Crippen molar-refractivity contribution in [3.63, 3.8) is 0 Å². The minimum Gasteiger partial charge on any atom is -0.339 e.